The largest absolute Gasteiger partial charge is 0.467 e. The minimum atomic E-state index is -0.591. The molecule has 1 aliphatic carbocycles. The van der Waals surface area contributed by atoms with E-state index in [1.807, 2.05) is 0 Å². The molecule has 18 heavy (non-hydrogen) atoms. The summed E-state index contributed by atoms with van der Waals surface area (Å²) >= 11 is 0. The highest BCUT2D eigenvalue weighted by Gasteiger charge is 2.23. The van der Waals surface area contributed by atoms with Gasteiger partial charge in [-0.05, 0) is 31.6 Å². The molecule has 5 heteroatoms. The average Bonchev–Trinajstić information content (AvgIpc) is 2.35. The zero-order valence-corrected chi connectivity index (χ0v) is 11.5. The third-order valence-electron chi connectivity index (χ3n) is 3.49. The SMILES string of the molecule is COC(=O)C(CNC1CCC(C)CC1)NC(C)=O. The van der Waals surface area contributed by atoms with E-state index in [-0.39, 0.29) is 5.91 Å². The molecule has 0 heterocycles. The van der Waals surface area contributed by atoms with Crippen molar-refractivity contribution < 1.29 is 14.3 Å². The molecule has 0 aromatic rings. The van der Waals surface area contributed by atoms with Crippen LogP contribution in [0.25, 0.3) is 0 Å². The van der Waals surface area contributed by atoms with Crippen molar-refractivity contribution in [2.24, 2.45) is 5.92 Å². The highest BCUT2D eigenvalue weighted by molar-refractivity contribution is 5.83. The van der Waals surface area contributed by atoms with E-state index in [4.69, 9.17) is 0 Å². The first-order valence-corrected chi connectivity index (χ1v) is 6.61. The Bertz CT molecular complexity index is 286. The van der Waals surface area contributed by atoms with Crippen LogP contribution in [0.15, 0.2) is 0 Å². The quantitative estimate of drug-likeness (QED) is 0.715. The Labute approximate surface area is 109 Å². The van der Waals surface area contributed by atoms with Gasteiger partial charge in [0.05, 0.1) is 7.11 Å². The summed E-state index contributed by atoms with van der Waals surface area (Å²) in [5, 5.41) is 5.95. The van der Waals surface area contributed by atoms with Crippen molar-refractivity contribution in [2.75, 3.05) is 13.7 Å². The lowest BCUT2D eigenvalue weighted by molar-refractivity contribution is -0.144. The molecule has 1 amide bonds. The van der Waals surface area contributed by atoms with Crippen molar-refractivity contribution in [3.63, 3.8) is 0 Å². The lowest BCUT2D eigenvalue weighted by Crippen LogP contribution is -2.49. The van der Waals surface area contributed by atoms with E-state index >= 15 is 0 Å². The minimum Gasteiger partial charge on any atom is -0.467 e. The highest BCUT2D eigenvalue weighted by Crippen LogP contribution is 2.23. The van der Waals surface area contributed by atoms with Crippen LogP contribution in [0, 0.1) is 5.92 Å². The molecule has 104 valence electrons. The average molecular weight is 256 g/mol. The molecule has 1 fully saturated rings. The van der Waals surface area contributed by atoms with Gasteiger partial charge < -0.3 is 15.4 Å². The number of carbonyl (C=O) groups is 2. The van der Waals surface area contributed by atoms with Crippen LogP contribution in [-0.2, 0) is 14.3 Å². The van der Waals surface area contributed by atoms with Crippen molar-refractivity contribution in [1.29, 1.82) is 0 Å². The van der Waals surface area contributed by atoms with Crippen LogP contribution in [-0.4, -0.2) is 37.6 Å². The molecule has 0 bridgehead atoms. The minimum absolute atomic E-state index is 0.218. The summed E-state index contributed by atoms with van der Waals surface area (Å²) in [5.41, 5.74) is 0. The fourth-order valence-corrected chi connectivity index (χ4v) is 2.33. The van der Waals surface area contributed by atoms with E-state index in [1.54, 1.807) is 0 Å². The molecule has 1 unspecified atom stereocenters. The van der Waals surface area contributed by atoms with Crippen LogP contribution >= 0.6 is 0 Å². The lowest BCUT2D eigenvalue weighted by atomic mass is 9.87. The first-order chi connectivity index (χ1) is 8.52. The van der Waals surface area contributed by atoms with E-state index in [9.17, 15) is 9.59 Å². The lowest BCUT2D eigenvalue weighted by Gasteiger charge is -2.28. The molecule has 1 atom stereocenters. The number of hydrogen-bond donors (Lipinski definition) is 2. The predicted molar refractivity (Wildman–Crippen MR) is 69.0 cm³/mol. The summed E-state index contributed by atoms with van der Waals surface area (Å²) in [7, 11) is 1.33. The van der Waals surface area contributed by atoms with Crippen LogP contribution in [0.5, 0.6) is 0 Å². The summed E-state index contributed by atoms with van der Waals surface area (Å²) in [6, 6.07) is -0.144. The fourth-order valence-electron chi connectivity index (χ4n) is 2.33. The topological polar surface area (TPSA) is 67.4 Å². The van der Waals surface area contributed by atoms with Crippen molar-refractivity contribution in [3.05, 3.63) is 0 Å². The number of esters is 1. The standard InChI is InChI=1S/C13H24N2O3/c1-9-4-6-11(7-5-9)14-8-12(13(17)18-3)15-10(2)16/h9,11-12,14H,4-8H2,1-3H3,(H,15,16). The molecule has 0 aromatic carbocycles. The molecular weight excluding hydrogens is 232 g/mol. The molecular formula is C13H24N2O3. The van der Waals surface area contributed by atoms with Crippen LogP contribution in [0.4, 0.5) is 0 Å². The van der Waals surface area contributed by atoms with Crippen LogP contribution in [0.2, 0.25) is 0 Å². The maximum atomic E-state index is 11.5. The van der Waals surface area contributed by atoms with Gasteiger partial charge in [0.25, 0.3) is 0 Å². The van der Waals surface area contributed by atoms with Gasteiger partial charge in [-0.25, -0.2) is 4.79 Å². The molecule has 1 rings (SSSR count). The molecule has 2 N–H and O–H groups in total. The van der Waals surface area contributed by atoms with Gasteiger partial charge >= 0.3 is 5.97 Å². The Morgan fingerprint density at radius 1 is 1.28 bits per heavy atom. The van der Waals surface area contributed by atoms with Crippen molar-refractivity contribution >= 4 is 11.9 Å². The summed E-state index contributed by atoms with van der Waals surface area (Å²) in [4.78, 5) is 22.5. The predicted octanol–water partition coefficient (Wildman–Crippen LogP) is 0.832. The van der Waals surface area contributed by atoms with E-state index in [0.29, 0.717) is 12.6 Å². The molecule has 0 aromatic heterocycles. The van der Waals surface area contributed by atoms with Crippen LogP contribution in [0.3, 0.4) is 0 Å². The normalized spacial score (nSPS) is 25.3. The molecule has 0 aliphatic heterocycles. The van der Waals surface area contributed by atoms with Gasteiger partial charge in [-0.15, -0.1) is 0 Å². The number of methoxy groups -OCH3 is 1. The van der Waals surface area contributed by atoms with Gasteiger partial charge in [0.1, 0.15) is 6.04 Å². The summed E-state index contributed by atoms with van der Waals surface area (Å²) in [5.74, 6) is 0.182. The Morgan fingerprint density at radius 2 is 1.89 bits per heavy atom. The zero-order chi connectivity index (χ0) is 13.5. The summed E-state index contributed by atoms with van der Waals surface area (Å²) in [6.45, 7) is 4.11. The van der Waals surface area contributed by atoms with Crippen molar-refractivity contribution in [3.8, 4) is 0 Å². The molecule has 0 spiro atoms. The monoisotopic (exact) mass is 256 g/mol. The first-order valence-electron chi connectivity index (χ1n) is 6.61. The van der Waals surface area contributed by atoms with Crippen LogP contribution in [0.1, 0.15) is 39.5 Å². The highest BCUT2D eigenvalue weighted by atomic mass is 16.5. The number of nitrogens with one attached hydrogen (secondary N) is 2. The van der Waals surface area contributed by atoms with Gasteiger partial charge in [-0.1, -0.05) is 6.92 Å². The second-order valence-electron chi connectivity index (χ2n) is 5.14. The van der Waals surface area contributed by atoms with Gasteiger partial charge in [-0.2, -0.15) is 0 Å². The van der Waals surface area contributed by atoms with Gasteiger partial charge in [-0.3, -0.25) is 4.79 Å². The summed E-state index contributed by atoms with van der Waals surface area (Å²) < 4.78 is 4.68. The number of ether oxygens (including phenoxy) is 1. The third-order valence-corrected chi connectivity index (χ3v) is 3.49. The Kier molecular flexibility index (Phi) is 6.12. The zero-order valence-electron chi connectivity index (χ0n) is 11.5. The second kappa shape index (κ2) is 7.36. The molecule has 1 saturated carbocycles. The van der Waals surface area contributed by atoms with Gasteiger partial charge in [0.2, 0.25) is 5.91 Å². The smallest absolute Gasteiger partial charge is 0.329 e. The molecule has 1 aliphatic rings. The van der Waals surface area contributed by atoms with Crippen molar-refractivity contribution in [2.45, 2.75) is 51.6 Å². The molecule has 5 nitrogen and oxygen atoms in total. The van der Waals surface area contributed by atoms with Crippen LogP contribution < -0.4 is 10.6 Å². The Balaban J connectivity index is 2.36. The molecule has 0 radical (unpaired) electrons. The fraction of sp³-hybridized carbons (Fsp3) is 0.846. The van der Waals surface area contributed by atoms with E-state index < -0.39 is 12.0 Å². The van der Waals surface area contributed by atoms with Gasteiger partial charge in [0.15, 0.2) is 0 Å². The number of rotatable bonds is 5. The number of amides is 1. The maximum Gasteiger partial charge on any atom is 0.329 e. The Hall–Kier alpha value is -1.10. The summed E-state index contributed by atoms with van der Waals surface area (Å²) in [6.07, 6.45) is 4.71. The number of hydrogen-bond acceptors (Lipinski definition) is 4. The number of carbonyl (C=O) groups excluding carboxylic acids is 2. The first kappa shape index (κ1) is 15.0. The van der Waals surface area contributed by atoms with E-state index in [0.717, 1.165) is 18.8 Å². The van der Waals surface area contributed by atoms with Crippen molar-refractivity contribution in [1.82, 2.24) is 10.6 Å². The maximum absolute atomic E-state index is 11.5. The van der Waals surface area contributed by atoms with Gasteiger partial charge in [0, 0.05) is 19.5 Å². The Morgan fingerprint density at radius 3 is 2.39 bits per heavy atom. The van der Waals surface area contributed by atoms with E-state index in [2.05, 4.69) is 22.3 Å². The third kappa shape index (κ3) is 5.04. The van der Waals surface area contributed by atoms with E-state index in [1.165, 1.54) is 26.9 Å². The second-order valence-corrected chi connectivity index (χ2v) is 5.14. The molecule has 0 saturated heterocycles.